The summed E-state index contributed by atoms with van der Waals surface area (Å²) in [5.41, 5.74) is 4.02. The van der Waals surface area contributed by atoms with E-state index in [1.165, 1.54) is 11.1 Å². The summed E-state index contributed by atoms with van der Waals surface area (Å²) in [5.74, 6) is 1.75. The quantitative estimate of drug-likeness (QED) is 0.369. The molecule has 10 heteroatoms. The van der Waals surface area contributed by atoms with Crippen molar-refractivity contribution in [3.05, 3.63) is 59.4 Å². The summed E-state index contributed by atoms with van der Waals surface area (Å²) in [6, 6.07) is 12.6. The molecule has 4 heterocycles. The molecule has 0 radical (unpaired) electrons. The van der Waals surface area contributed by atoms with Crippen LogP contribution in [0.3, 0.4) is 0 Å². The van der Waals surface area contributed by atoms with E-state index in [2.05, 4.69) is 56.8 Å². The van der Waals surface area contributed by atoms with Crippen molar-refractivity contribution in [3.8, 4) is 0 Å². The Morgan fingerprint density at radius 3 is 2.73 bits per heavy atom. The van der Waals surface area contributed by atoms with E-state index in [0.717, 1.165) is 42.8 Å². The number of nitrogens with one attached hydrogen (secondary N) is 3. The summed E-state index contributed by atoms with van der Waals surface area (Å²) in [4.78, 5) is 30.2. The first-order chi connectivity index (χ1) is 18.0. The number of anilines is 3. The van der Waals surface area contributed by atoms with Crippen LogP contribution in [0.15, 0.2) is 42.6 Å². The number of aryl methyl sites for hydroxylation is 1. The Morgan fingerprint density at radius 2 is 1.92 bits per heavy atom. The average molecular weight is 500 g/mol. The van der Waals surface area contributed by atoms with Crippen LogP contribution in [-0.2, 0) is 6.42 Å². The molecule has 3 N–H and O–H groups in total. The van der Waals surface area contributed by atoms with Gasteiger partial charge in [-0.2, -0.15) is 15.1 Å². The normalized spacial score (nSPS) is 17.9. The minimum atomic E-state index is 0.00495. The second-order valence-electron chi connectivity index (χ2n) is 10.2. The zero-order chi connectivity index (χ0) is 25.5. The lowest BCUT2D eigenvalue weighted by molar-refractivity contribution is 0.0649. The van der Waals surface area contributed by atoms with Crippen LogP contribution in [0.5, 0.6) is 0 Å². The standard InChI is InChI=1S/C27H33N9O/c1-17(2)36-22(26(37)35-14-12-34(3)13-15-35)16-23(33-36)30-27-31-24-20(10-11-28-24)25(32-27)29-21-9-8-18-6-4-5-7-19(18)21/h4-7,10-11,16-17,21H,8-9,12-15H2,1-3H3,(H3,28,29,30,31,32,33). The number of aromatic nitrogens is 5. The first-order valence-corrected chi connectivity index (χ1v) is 13.0. The molecule has 1 aromatic carbocycles. The topological polar surface area (TPSA) is 107 Å². The van der Waals surface area contributed by atoms with Gasteiger partial charge in [-0.05, 0) is 50.9 Å². The summed E-state index contributed by atoms with van der Waals surface area (Å²) in [5, 5.41) is 12.5. The Balaban J connectivity index is 1.28. The third-order valence-corrected chi connectivity index (χ3v) is 7.33. The van der Waals surface area contributed by atoms with Gasteiger partial charge in [0.1, 0.15) is 17.2 Å². The zero-order valence-corrected chi connectivity index (χ0v) is 21.5. The fraction of sp³-hybridized carbons (Fsp3) is 0.407. The van der Waals surface area contributed by atoms with E-state index < -0.39 is 0 Å². The summed E-state index contributed by atoms with van der Waals surface area (Å²) in [7, 11) is 2.08. The minimum Gasteiger partial charge on any atom is -0.363 e. The molecule has 37 heavy (non-hydrogen) atoms. The predicted molar refractivity (Wildman–Crippen MR) is 144 cm³/mol. The maximum absolute atomic E-state index is 13.4. The van der Waals surface area contributed by atoms with Crippen molar-refractivity contribution >= 4 is 34.5 Å². The Morgan fingerprint density at radius 1 is 1.11 bits per heavy atom. The molecule has 1 unspecified atom stereocenters. The molecule has 1 atom stereocenters. The molecule has 6 rings (SSSR count). The number of nitrogens with zero attached hydrogens (tertiary/aromatic N) is 6. The van der Waals surface area contributed by atoms with Gasteiger partial charge in [0.2, 0.25) is 5.95 Å². The second-order valence-corrected chi connectivity index (χ2v) is 10.2. The van der Waals surface area contributed by atoms with Crippen molar-refractivity contribution in [2.45, 2.75) is 38.8 Å². The lowest BCUT2D eigenvalue weighted by Crippen LogP contribution is -2.47. The van der Waals surface area contributed by atoms with Crippen molar-refractivity contribution < 1.29 is 4.79 Å². The Labute approximate surface area is 216 Å². The van der Waals surface area contributed by atoms with Gasteiger partial charge in [-0.1, -0.05) is 24.3 Å². The maximum Gasteiger partial charge on any atom is 0.272 e. The monoisotopic (exact) mass is 499 g/mol. The third kappa shape index (κ3) is 4.53. The molecular formula is C27H33N9O. The highest BCUT2D eigenvalue weighted by Crippen LogP contribution is 2.35. The van der Waals surface area contributed by atoms with E-state index >= 15 is 0 Å². The number of likely N-dealkylation sites (N-methyl/N-ethyl adjacent to an activating group) is 1. The van der Waals surface area contributed by atoms with E-state index in [1.807, 2.05) is 37.1 Å². The summed E-state index contributed by atoms with van der Waals surface area (Å²) < 4.78 is 1.78. The van der Waals surface area contributed by atoms with E-state index in [4.69, 9.17) is 10.1 Å². The Bertz CT molecular complexity index is 1430. The molecular weight excluding hydrogens is 466 g/mol. The predicted octanol–water partition coefficient (Wildman–Crippen LogP) is 3.97. The summed E-state index contributed by atoms with van der Waals surface area (Å²) >= 11 is 0. The Kier molecular flexibility index (Phi) is 6.03. The average Bonchev–Trinajstić information content (AvgIpc) is 3.63. The van der Waals surface area contributed by atoms with Crippen molar-refractivity contribution in [1.82, 2.24) is 34.5 Å². The number of benzene rings is 1. The van der Waals surface area contributed by atoms with Gasteiger partial charge in [-0.3, -0.25) is 9.48 Å². The number of piperazine rings is 1. The zero-order valence-electron chi connectivity index (χ0n) is 21.5. The summed E-state index contributed by atoms with van der Waals surface area (Å²) in [6.07, 6.45) is 3.95. The second kappa shape index (κ2) is 9.51. The minimum absolute atomic E-state index is 0.00495. The molecule has 1 saturated heterocycles. The van der Waals surface area contributed by atoms with Crippen LogP contribution in [-0.4, -0.2) is 73.7 Å². The number of hydrogen-bond acceptors (Lipinski definition) is 7. The number of aromatic amines is 1. The van der Waals surface area contributed by atoms with Gasteiger partial charge in [0.05, 0.1) is 11.4 Å². The van der Waals surface area contributed by atoms with Crippen LogP contribution < -0.4 is 10.6 Å². The molecule has 0 bridgehead atoms. The molecule has 0 spiro atoms. The van der Waals surface area contributed by atoms with Crippen LogP contribution in [0.1, 0.15) is 54.0 Å². The van der Waals surface area contributed by atoms with Gasteiger partial charge in [-0.15, -0.1) is 0 Å². The highest BCUT2D eigenvalue weighted by molar-refractivity contribution is 5.94. The van der Waals surface area contributed by atoms with Gasteiger partial charge in [0.15, 0.2) is 5.82 Å². The molecule has 1 aliphatic heterocycles. The third-order valence-electron chi connectivity index (χ3n) is 7.33. The van der Waals surface area contributed by atoms with Crippen molar-refractivity contribution in [3.63, 3.8) is 0 Å². The lowest BCUT2D eigenvalue weighted by atomic mass is 10.1. The van der Waals surface area contributed by atoms with E-state index in [1.54, 1.807) is 4.68 Å². The van der Waals surface area contributed by atoms with Crippen molar-refractivity contribution in [1.29, 1.82) is 0 Å². The largest absolute Gasteiger partial charge is 0.363 e. The van der Waals surface area contributed by atoms with Crippen LogP contribution in [0.25, 0.3) is 11.0 Å². The molecule has 4 aromatic rings. The molecule has 0 saturated carbocycles. The number of fused-ring (bicyclic) bond motifs is 2. The van der Waals surface area contributed by atoms with E-state index in [-0.39, 0.29) is 18.0 Å². The first kappa shape index (κ1) is 23.5. The number of rotatable bonds is 6. The van der Waals surface area contributed by atoms with Gasteiger partial charge in [-0.25, -0.2) is 0 Å². The fourth-order valence-electron chi connectivity index (χ4n) is 5.27. The van der Waals surface area contributed by atoms with Crippen molar-refractivity contribution in [2.24, 2.45) is 0 Å². The van der Waals surface area contributed by atoms with Crippen molar-refractivity contribution in [2.75, 3.05) is 43.9 Å². The molecule has 192 valence electrons. The number of carbonyl (C=O) groups is 1. The molecule has 3 aromatic heterocycles. The van der Waals surface area contributed by atoms with E-state index in [9.17, 15) is 4.79 Å². The SMILES string of the molecule is CC(C)n1nc(Nc2nc(NC3CCc4ccccc43)c3cc[nH]c3n2)cc1C(=O)N1CCN(C)CC1. The van der Waals surface area contributed by atoms with Gasteiger partial charge < -0.3 is 25.4 Å². The van der Waals surface area contributed by atoms with Crippen LogP contribution in [0, 0.1) is 0 Å². The van der Waals surface area contributed by atoms with Crippen LogP contribution in [0.2, 0.25) is 0 Å². The Hall–Kier alpha value is -3.92. The molecule has 2 aliphatic rings. The number of amides is 1. The number of H-pyrrole nitrogens is 1. The maximum atomic E-state index is 13.4. The number of carbonyl (C=O) groups excluding carboxylic acids is 1. The number of hydrogen-bond donors (Lipinski definition) is 3. The van der Waals surface area contributed by atoms with Crippen LogP contribution in [0.4, 0.5) is 17.6 Å². The fourth-order valence-corrected chi connectivity index (χ4v) is 5.27. The molecule has 1 aliphatic carbocycles. The van der Waals surface area contributed by atoms with Gasteiger partial charge in [0.25, 0.3) is 5.91 Å². The van der Waals surface area contributed by atoms with Crippen LogP contribution >= 0.6 is 0 Å². The van der Waals surface area contributed by atoms with E-state index in [0.29, 0.717) is 30.5 Å². The molecule has 1 fully saturated rings. The molecule has 10 nitrogen and oxygen atoms in total. The summed E-state index contributed by atoms with van der Waals surface area (Å²) in [6.45, 7) is 7.23. The smallest absolute Gasteiger partial charge is 0.272 e. The lowest BCUT2D eigenvalue weighted by Gasteiger charge is -2.32. The molecule has 1 amide bonds. The highest BCUT2D eigenvalue weighted by atomic mass is 16.2. The van der Waals surface area contributed by atoms with Gasteiger partial charge >= 0.3 is 0 Å². The highest BCUT2D eigenvalue weighted by Gasteiger charge is 2.26. The van der Waals surface area contributed by atoms with Gasteiger partial charge in [0, 0.05) is 44.5 Å². The first-order valence-electron chi connectivity index (χ1n) is 13.0.